The Morgan fingerprint density at radius 2 is 1.82 bits per heavy atom. The molecule has 0 spiro atoms. The fourth-order valence-electron chi connectivity index (χ4n) is 3.85. The monoisotopic (exact) mass is 383 g/mol. The number of halogens is 2. The number of hydrogen-bond acceptors (Lipinski definition) is 4. The normalized spacial score (nSPS) is 15.5. The summed E-state index contributed by atoms with van der Waals surface area (Å²) in [4.78, 5) is 13.2. The van der Waals surface area contributed by atoms with Gasteiger partial charge in [0.25, 0.3) is 0 Å². The number of amides is 1. The van der Waals surface area contributed by atoms with Gasteiger partial charge in [-0.15, -0.1) is 5.10 Å². The maximum absolute atomic E-state index is 14.3. The van der Waals surface area contributed by atoms with Crippen LogP contribution in [-0.2, 0) is 10.2 Å². The third-order valence-electron chi connectivity index (χ3n) is 5.35. The van der Waals surface area contributed by atoms with Crippen LogP contribution in [-0.4, -0.2) is 26.1 Å². The van der Waals surface area contributed by atoms with Crippen molar-refractivity contribution in [2.24, 2.45) is 0 Å². The molecule has 0 unspecified atom stereocenters. The third kappa shape index (κ3) is 3.15. The zero-order valence-electron chi connectivity index (χ0n) is 15.3. The summed E-state index contributed by atoms with van der Waals surface area (Å²) in [5.41, 5.74) is 0.683. The van der Waals surface area contributed by atoms with Crippen LogP contribution in [0.2, 0.25) is 0 Å². The van der Waals surface area contributed by atoms with E-state index in [1.807, 2.05) is 0 Å². The minimum atomic E-state index is -0.715. The average molecular weight is 383 g/mol. The van der Waals surface area contributed by atoms with Gasteiger partial charge < -0.3 is 5.32 Å². The summed E-state index contributed by atoms with van der Waals surface area (Å²) in [7, 11) is 0. The maximum Gasteiger partial charge on any atom is 0.235 e. The number of aromatic nitrogens is 4. The van der Waals surface area contributed by atoms with E-state index < -0.39 is 11.2 Å². The number of hydrogen-bond donors (Lipinski definition) is 1. The fourth-order valence-corrected chi connectivity index (χ4v) is 3.85. The lowest BCUT2D eigenvalue weighted by Gasteiger charge is -2.28. The van der Waals surface area contributed by atoms with Crippen molar-refractivity contribution in [3.63, 3.8) is 0 Å². The van der Waals surface area contributed by atoms with Crippen molar-refractivity contribution in [1.82, 2.24) is 20.2 Å². The summed E-state index contributed by atoms with van der Waals surface area (Å²) in [6, 6.07) is 10.4. The molecule has 1 aliphatic carbocycles. The second-order valence-corrected chi connectivity index (χ2v) is 7.05. The molecule has 0 aliphatic heterocycles. The summed E-state index contributed by atoms with van der Waals surface area (Å²) < 4.78 is 28.9. The fraction of sp³-hybridized carbons (Fsp3) is 0.300. The van der Waals surface area contributed by atoms with Gasteiger partial charge in [-0.05, 0) is 66.1 Å². The molecule has 1 N–H and O–H groups in total. The molecule has 0 radical (unpaired) electrons. The molecule has 6 nitrogen and oxygen atoms in total. The molecule has 0 saturated heterocycles. The first kappa shape index (κ1) is 18.2. The lowest BCUT2D eigenvalue weighted by molar-refractivity contribution is -0.121. The molecule has 4 rings (SSSR count). The standard InChI is InChI=1S/C20H19F2N5O/c1-13-24-25-26-27(13)18-12-16(8-9-17(18)22)23-19(28)20(10-2-3-11-20)14-4-6-15(21)7-5-14/h4-9,12H,2-3,10-11H2,1H3,(H,23,28). The second-order valence-electron chi connectivity index (χ2n) is 7.05. The van der Waals surface area contributed by atoms with Gasteiger partial charge in [0.05, 0.1) is 5.41 Å². The number of benzene rings is 2. The van der Waals surface area contributed by atoms with E-state index in [-0.39, 0.29) is 17.4 Å². The molecule has 144 valence electrons. The summed E-state index contributed by atoms with van der Waals surface area (Å²) >= 11 is 0. The molecule has 1 aromatic heterocycles. The van der Waals surface area contributed by atoms with Gasteiger partial charge in [0.2, 0.25) is 5.91 Å². The first-order valence-electron chi connectivity index (χ1n) is 9.12. The van der Waals surface area contributed by atoms with Gasteiger partial charge in [0.15, 0.2) is 5.82 Å². The third-order valence-corrected chi connectivity index (χ3v) is 5.35. The number of nitrogens with zero attached hydrogens (tertiary/aromatic N) is 4. The van der Waals surface area contributed by atoms with Crippen molar-refractivity contribution in [2.45, 2.75) is 38.0 Å². The van der Waals surface area contributed by atoms with Crippen LogP contribution in [0.1, 0.15) is 37.1 Å². The Kier molecular flexibility index (Phi) is 4.62. The largest absolute Gasteiger partial charge is 0.325 e. The first-order valence-corrected chi connectivity index (χ1v) is 9.12. The molecule has 2 aromatic carbocycles. The molecule has 1 saturated carbocycles. The lowest BCUT2D eigenvalue weighted by Crippen LogP contribution is -2.38. The Labute approximate surface area is 160 Å². The minimum Gasteiger partial charge on any atom is -0.325 e. The highest BCUT2D eigenvalue weighted by Crippen LogP contribution is 2.42. The van der Waals surface area contributed by atoms with E-state index in [9.17, 15) is 13.6 Å². The van der Waals surface area contributed by atoms with Crippen LogP contribution in [0.4, 0.5) is 14.5 Å². The maximum atomic E-state index is 14.3. The highest BCUT2D eigenvalue weighted by Gasteiger charge is 2.42. The number of aryl methyl sites for hydroxylation is 1. The van der Waals surface area contributed by atoms with Gasteiger partial charge >= 0.3 is 0 Å². The highest BCUT2D eigenvalue weighted by atomic mass is 19.1. The molecule has 3 aromatic rings. The Bertz CT molecular complexity index is 1010. The van der Waals surface area contributed by atoms with Crippen LogP contribution >= 0.6 is 0 Å². The predicted molar refractivity (Wildman–Crippen MR) is 99.0 cm³/mol. The Morgan fingerprint density at radius 3 is 2.46 bits per heavy atom. The number of nitrogens with one attached hydrogen (secondary N) is 1. The number of carbonyl (C=O) groups is 1. The molecule has 1 heterocycles. The van der Waals surface area contributed by atoms with E-state index in [4.69, 9.17) is 0 Å². The lowest BCUT2D eigenvalue weighted by atomic mass is 9.78. The van der Waals surface area contributed by atoms with Gasteiger partial charge in [-0.25, -0.2) is 8.78 Å². The Hall–Kier alpha value is -3.16. The number of carbonyl (C=O) groups excluding carboxylic acids is 1. The SMILES string of the molecule is Cc1nnnn1-c1cc(NC(=O)C2(c3ccc(F)cc3)CCCC2)ccc1F. The second kappa shape index (κ2) is 7.10. The van der Waals surface area contributed by atoms with Crippen LogP contribution in [0.25, 0.3) is 5.69 Å². The molecular formula is C20H19F2N5O. The van der Waals surface area contributed by atoms with Gasteiger partial charge in [-0.1, -0.05) is 25.0 Å². The number of anilines is 1. The van der Waals surface area contributed by atoms with Gasteiger partial charge in [0, 0.05) is 5.69 Å². The molecule has 1 aliphatic rings. The van der Waals surface area contributed by atoms with Crippen molar-refractivity contribution in [1.29, 1.82) is 0 Å². The molecule has 8 heteroatoms. The average Bonchev–Trinajstić information content (AvgIpc) is 3.34. The molecule has 1 amide bonds. The van der Waals surface area contributed by atoms with Crippen LogP contribution in [0.5, 0.6) is 0 Å². The zero-order valence-corrected chi connectivity index (χ0v) is 15.3. The van der Waals surface area contributed by atoms with Crippen molar-refractivity contribution in [2.75, 3.05) is 5.32 Å². The van der Waals surface area contributed by atoms with Crippen molar-refractivity contribution in [3.05, 3.63) is 65.5 Å². The van der Waals surface area contributed by atoms with Crippen molar-refractivity contribution in [3.8, 4) is 5.69 Å². The quantitative estimate of drug-likeness (QED) is 0.746. The minimum absolute atomic E-state index is 0.155. The predicted octanol–water partition coefficient (Wildman–Crippen LogP) is 3.70. The molecule has 28 heavy (non-hydrogen) atoms. The van der Waals surface area contributed by atoms with E-state index in [0.29, 0.717) is 24.4 Å². The molecule has 0 atom stereocenters. The number of rotatable bonds is 4. The smallest absolute Gasteiger partial charge is 0.235 e. The van der Waals surface area contributed by atoms with E-state index in [1.54, 1.807) is 19.1 Å². The Morgan fingerprint density at radius 1 is 1.11 bits per heavy atom. The van der Waals surface area contributed by atoms with E-state index in [2.05, 4.69) is 20.8 Å². The molecule has 0 bridgehead atoms. The Balaban J connectivity index is 1.65. The van der Waals surface area contributed by atoms with Crippen LogP contribution in [0.3, 0.4) is 0 Å². The van der Waals surface area contributed by atoms with Crippen LogP contribution in [0.15, 0.2) is 42.5 Å². The van der Waals surface area contributed by atoms with Crippen molar-refractivity contribution < 1.29 is 13.6 Å². The molecule has 1 fully saturated rings. The summed E-state index contributed by atoms with van der Waals surface area (Å²) in [5, 5.41) is 14.0. The highest BCUT2D eigenvalue weighted by molar-refractivity contribution is 5.99. The van der Waals surface area contributed by atoms with Crippen molar-refractivity contribution >= 4 is 11.6 Å². The van der Waals surface area contributed by atoms with E-state index in [0.717, 1.165) is 18.4 Å². The van der Waals surface area contributed by atoms with Gasteiger partial charge in [0.1, 0.15) is 17.3 Å². The van der Waals surface area contributed by atoms with Gasteiger partial charge in [-0.2, -0.15) is 4.68 Å². The summed E-state index contributed by atoms with van der Waals surface area (Å²) in [6.07, 6.45) is 3.21. The summed E-state index contributed by atoms with van der Waals surface area (Å²) in [6.45, 7) is 1.66. The van der Waals surface area contributed by atoms with Gasteiger partial charge in [-0.3, -0.25) is 4.79 Å². The zero-order chi connectivity index (χ0) is 19.7. The topological polar surface area (TPSA) is 72.7 Å². The van der Waals surface area contributed by atoms with Crippen LogP contribution in [0, 0.1) is 18.6 Å². The number of tetrazole rings is 1. The first-order chi connectivity index (χ1) is 13.5. The summed E-state index contributed by atoms with van der Waals surface area (Å²) in [5.74, 6) is -0.580. The molecular weight excluding hydrogens is 364 g/mol. The van der Waals surface area contributed by atoms with E-state index in [1.165, 1.54) is 35.0 Å². The van der Waals surface area contributed by atoms with Crippen LogP contribution < -0.4 is 5.32 Å². The van der Waals surface area contributed by atoms with E-state index >= 15 is 0 Å².